The van der Waals surface area contributed by atoms with E-state index in [9.17, 15) is 4.79 Å². The molecule has 0 aliphatic carbocycles. The first-order valence-corrected chi connectivity index (χ1v) is 7.28. The van der Waals surface area contributed by atoms with Gasteiger partial charge in [0, 0.05) is 18.8 Å². The number of carbonyl (C=O) groups is 1. The minimum atomic E-state index is 0.174. The largest absolute Gasteiger partial charge is 0.341 e. The molecule has 0 radical (unpaired) electrons. The van der Waals surface area contributed by atoms with Crippen LogP contribution in [0.5, 0.6) is 0 Å². The molecule has 1 amide bonds. The molecule has 18 heavy (non-hydrogen) atoms. The molecule has 0 saturated heterocycles. The molecule has 0 heterocycles. The van der Waals surface area contributed by atoms with Crippen molar-refractivity contribution in [3.63, 3.8) is 0 Å². The van der Waals surface area contributed by atoms with E-state index in [-0.39, 0.29) is 5.91 Å². The third kappa shape index (κ3) is 5.56. The molecule has 0 aliphatic rings. The third-order valence-corrected chi connectivity index (χ3v) is 3.97. The number of thioether (sulfide) groups is 1. The highest BCUT2D eigenvalue weighted by Crippen LogP contribution is 2.14. The summed E-state index contributed by atoms with van der Waals surface area (Å²) in [5, 5.41) is 0.448. The van der Waals surface area contributed by atoms with Crippen LogP contribution in [0, 0.1) is 0 Å². The Morgan fingerprint density at radius 2 is 2.06 bits per heavy atom. The number of hydrogen-bond donors (Lipinski definition) is 1. The molecule has 1 unspecified atom stereocenters. The topological polar surface area (TPSA) is 46.3 Å². The van der Waals surface area contributed by atoms with Gasteiger partial charge in [-0.15, -0.1) is 11.8 Å². The van der Waals surface area contributed by atoms with Crippen molar-refractivity contribution in [1.29, 1.82) is 0 Å². The summed E-state index contributed by atoms with van der Waals surface area (Å²) in [5.74, 6) is 0.706. The van der Waals surface area contributed by atoms with Gasteiger partial charge in [-0.3, -0.25) is 4.79 Å². The highest BCUT2D eigenvalue weighted by atomic mass is 32.2. The Balaban J connectivity index is 2.33. The van der Waals surface area contributed by atoms with Crippen molar-refractivity contribution in [1.82, 2.24) is 4.90 Å². The Morgan fingerprint density at radius 1 is 1.39 bits per heavy atom. The van der Waals surface area contributed by atoms with Crippen LogP contribution in [0.25, 0.3) is 0 Å². The molecule has 1 rings (SSSR count). The first-order chi connectivity index (χ1) is 8.63. The van der Waals surface area contributed by atoms with Crippen LogP contribution in [0.15, 0.2) is 30.3 Å². The second-order valence-electron chi connectivity index (χ2n) is 4.43. The molecule has 3 nitrogen and oxygen atoms in total. The molecule has 1 aromatic rings. The van der Waals surface area contributed by atoms with Crippen molar-refractivity contribution >= 4 is 17.7 Å². The summed E-state index contributed by atoms with van der Waals surface area (Å²) in [6.45, 7) is 3.47. The van der Waals surface area contributed by atoms with Crippen molar-refractivity contribution < 1.29 is 4.79 Å². The fourth-order valence-corrected chi connectivity index (χ4v) is 2.54. The zero-order valence-corrected chi connectivity index (χ0v) is 12.0. The summed E-state index contributed by atoms with van der Waals surface area (Å²) < 4.78 is 0. The molecule has 0 saturated carbocycles. The lowest BCUT2D eigenvalue weighted by atomic mass is 10.2. The first kappa shape index (κ1) is 15.1. The van der Waals surface area contributed by atoms with Crippen molar-refractivity contribution in [2.24, 2.45) is 5.73 Å². The number of amides is 1. The molecule has 1 atom stereocenters. The summed E-state index contributed by atoms with van der Waals surface area (Å²) in [6.07, 6.45) is 0.959. The second kappa shape index (κ2) is 8.16. The van der Waals surface area contributed by atoms with E-state index in [1.807, 2.05) is 37.4 Å². The molecule has 0 spiro atoms. The van der Waals surface area contributed by atoms with Gasteiger partial charge in [-0.05, 0) is 18.5 Å². The Morgan fingerprint density at radius 3 is 2.67 bits per heavy atom. The smallest absolute Gasteiger partial charge is 0.232 e. The zero-order chi connectivity index (χ0) is 13.4. The van der Waals surface area contributed by atoms with Crippen molar-refractivity contribution in [3.05, 3.63) is 35.9 Å². The van der Waals surface area contributed by atoms with Crippen LogP contribution in [0.3, 0.4) is 0 Å². The number of nitrogens with two attached hydrogens (primary N) is 1. The van der Waals surface area contributed by atoms with Gasteiger partial charge in [0.05, 0.1) is 5.75 Å². The summed E-state index contributed by atoms with van der Waals surface area (Å²) in [4.78, 5) is 13.7. The standard InChI is InChI=1S/C14H22N2OS/c1-12(8-9-15)18-11-14(17)16(2)10-13-6-4-3-5-7-13/h3-7,12H,8-11,15H2,1-2H3. The van der Waals surface area contributed by atoms with Crippen molar-refractivity contribution in [2.75, 3.05) is 19.3 Å². The maximum atomic E-state index is 11.9. The summed E-state index contributed by atoms with van der Waals surface area (Å²) in [7, 11) is 1.85. The molecule has 100 valence electrons. The zero-order valence-electron chi connectivity index (χ0n) is 11.1. The summed E-state index contributed by atoms with van der Waals surface area (Å²) in [5.41, 5.74) is 6.65. The predicted octanol–water partition coefficient (Wildman–Crippen LogP) is 2.12. The predicted molar refractivity (Wildman–Crippen MR) is 78.5 cm³/mol. The Hall–Kier alpha value is -1.00. The van der Waals surface area contributed by atoms with E-state index in [0.717, 1.165) is 12.0 Å². The van der Waals surface area contributed by atoms with E-state index in [1.54, 1.807) is 16.7 Å². The second-order valence-corrected chi connectivity index (χ2v) is 5.86. The van der Waals surface area contributed by atoms with Gasteiger partial charge in [0.2, 0.25) is 5.91 Å². The Kier molecular flexibility index (Phi) is 6.83. The monoisotopic (exact) mass is 266 g/mol. The quantitative estimate of drug-likeness (QED) is 0.822. The molecule has 4 heteroatoms. The maximum Gasteiger partial charge on any atom is 0.232 e. The minimum Gasteiger partial charge on any atom is -0.341 e. The number of nitrogens with zero attached hydrogens (tertiary/aromatic N) is 1. The van der Waals surface area contributed by atoms with Gasteiger partial charge in [0.15, 0.2) is 0 Å². The van der Waals surface area contributed by atoms with Crippen LogP contribution in [-0.4, -0.2) is 35.4 Å². The molecule has 0 aliphatic heterocycles. The van der Waals surface area contributed by atoms with Crippen LogP contribution in [-0.2, 0) is 11.3 Å². The number of benzene rings is 1. The van der Waals surface area contributed by atoms with Gasteiger partial charge in [0.25, 0.3) is 0 Å². The lowest BCUT2D eigenvalue weighted by Gasteiger charge is -2.18. The normalized spacial score (nSPS) is 12.2. The molecule has 2 N–H and O–H groups in total. The highest BCUT2D eigenvalue weighted by molar-refractivity contribution is 8.00. The van der Waals surface area contributed by atoms with E-state index in [1.165, 1.54) is 0 Å². The maximum absolute atomic E-state index is 11.9. The van der Waals surface area contributed by atoms with E-state index < -0.39 is 0 Å². The van der Waals surface area contributed by atoms with Gasteiger partial charge >= 0.3 is 0 Å². The van der Waals surface area contributed by atoms with Gasteiger partial charge in [-0.25, -0.2) is 0 Å². The van der Waals surface area contributed by atoms with Gasteiger partial charge < -0.3 is 10.6 Å². The molecule has 0 aromatic heterocycles. The molecule has 0 bridgehead atoms. The fourth-order valence-electron chi connectivity index (χ4n) is 1.59. The number of hydrogen-bond acceptors (Lipinski definition) is 3. The molecule has 0 fully saturated rings. The van der Waals surface area contributed by atoms with Crippen LogP contribution < -0.4 is 5.73 Å². The van der Waals surface area contributed by atoms with E-state index in [4.69, 9.17) is 5.73 Å². The van der Waals surface area contributed by atoms with Crippen LogP contribution in [0.4, 0.5) is 0 Å². The Labute approximate surface area is 114 Å². The third-order valence-electron chi connectivity index (χ3n) is 2.75. The Bertz CT molecular complexity index is 356. The van der Waals surface area contributed by atoms with Gasteiger partial charge in [-0.1, -0.05) is 37.3 Å². The van der Waals surface area contributed by atoms with Crippen LogP contribution in [0.2, 0.25) is 0 Å². The lowest BCUT2D eigenvalue weighted by molar-refractivity contribution is -0.127. The molecular formula is C14H22N2OS. The minimum absolute atomic E-state index is 0.174. The number of carbonyl (C=O) groups excluding carboxylic acids is 1. The van der Waals surface area contributed by atoms with Gasteiger partial charge in [-0.2, -0.15) is 0 Å². The fraction of sp³-hybridized carbons (Fsp3) is 0.500. The van der Waals surface area contributed by atoms with Crippen molar-refractivity contribution in [3.8, 4) is 0 Å². The van der Waals surface area contributed by atoms with Gasteiger partial charge in [0.1, 0.15) is 0 Å². The van der Waals surface area contributed by atoms with Crippen molar-refractivity contribution in [2.45, 2.75) is 25.1 Å². The van der Waals surface area contributed by atoms with E-state index >= 15 is 0 Å². The van der Waals surface area contributed by atoms with E-state index in [0.29, 0.717) is 24.1 Å². The average molecular weight is 266 g/mol. The van der Waals surface area contributed by atoms with E-state index in [2.05, 4.69) is 6.92 Å². The lowest BCUT2D eigenvalue weighted by Crippen LogP contribution is -2.28. The van der Waals surface area contributed by atoms with Crippen LogP contribution in [0.1, 0.15) is 18.9 Å². The van der Waals surface area contributed by atoms with Crippen LogP contribution >= 0.6 is 11.8 Å². The summed E-state index contributed by atoms with van der Waals surface area (Å²) >= 11 is 1.68. The first-order valence-electron chi connectivity index (χ1n) is 6.23. The summed E-state index contributed by atoms with van der Waals surface area (Å²) in [6, 6.07) is 10.0. The number of rotatable bonds is 7. The SMILES string of the molecule is CC(CCN)SCC(=O)N(C)Cc1ccccc1. The average Bonchev–Trinajstić information content (AvgIpc) is 2.37. The molecule has 1 aromatic carbocycles. The highest BCUT2D eigenvalue weighted by Gasteiger charge is 2.11. The molecular weight excluding hydrogens is 244 g/mol.